The number of hydrogen-bond donors (Lipinski definition) is 3. The smallest absolute Gasteiger partial charge is 0.416 e. The van der Waals surface area contributed by atoms with Crippen molar-refractivity contribution >= 4 is 28.9 Å². The highest BCUT2D eigenvalue weighted by Gasteiger charge is 2.30. The molecular formula is C29H24F3N3O3. The fourth-order valence-corrected chi connectivity index (χ4v) is 3.55. The number of nitrogens with one attached hydrogen (secondary N) is 3. The van der Waals surface area contributed by atoms with E-state index in [9.17, 15) is 22.8 Å². The van der Waals surface area contributed by atoms with Crippen LogP contribution in [-0.4, -0.2) is 18.4 Å². The van der Waals surface area contributed by atoms with Gasteiger partial charge in [-0.1, -0.05) is 54.6 Å². The first-order chi connectivity index (χ1) is 18.3. The van der Waals surface area contributed by atoms with Crippen molar-refractivity contribution in [2.45, 2.75) is 12.8 Å². The number of halogens is 3. The molecule has 4 aromatic carbocycles. The largest absolute Gasteiger partial charge is 0.487 e. The number of para-hydroxylation sites is 2. The second-order valence-electron chi connectivity index (χ2n) is 8.29. The molecule has 6 nitrogen and oxygen atoms in total. The van der Waals surface area contributed by atoms with E-state index in [0.717, 1.165) is 17.7 Å². The molecule has 38 heavy (non-hydrogen) atoms. The minimum atomic E-state index is -4.51. The quantitative estimate of drug-likeness (QED) is 0.233. The van der Waals surface area contributed by atoms with Crippen molar-refractivity contribution in [1.82, 2.24) is 0 Å². The van der Waals surface area contributed by atoms with Gasteiger partial charge in [-0.2, -0.15) is 13.2 Å². The molecule has 0 saturated heterocycles. The maximum atomic E-state index is 12.9. The normalized spacial score (nSPS) is 10.9. The van der Waals surface area contributed by atoms with Crippen LogP contribution in [0.2, 0.25) is 0 Å². The molecule has 0 aliphatic rings. The molecule has 0 atom stereocenters. The number of alkyl halides is 3. The number of amides is 2. The molecule has 9 heteroatoms. The Morgan fingerprint density at radius 2 is 1.45 bits per heavy atom. The number of hydrogen-bond acceptors (Lipinski definition) is 4. The van der Waals surface area contributed by atoms with E-state index in [-0.39, 0.29) is 23.7 Å². The van der Waals surface area contributed by atoms with Crippen LogP contribution in [0.15, 0.2) is 103 Å². The maximum absolute atomic E-state index is 12.9. The summed E-state index contributed by atoms with van der Waals surface area (Å²) in [4.78, 5) is 25.2. The predicted molar refractivity (Wildman–Crippen MR) is 140 cm³/mol. The van der Waals surface area contributed by atoms with Crippen molar-refractivity contribution in [3.63, 3.8) is 0 Å². The van der Waals surface area contributed by atoms with Gasteiger partial charge in [-0.3, -0.25) is 9.59 Å². The van der Waals surface area contributed by atoms with E-state index in [4.69, 9.17) is 4.74 Å². The molecule has 194 valence electrons. The van der Waals surface area contributed by atoms with Crippen LogP contribution in [-0.2, 0) is 17.6 Å². The molecule has 0 aliphatic heterocycles. The van der Waals surface area contributed by atoms with E-state index >= 15 is 0 Å². The van der Waals surface area contributed by atoms with Gasteiger partial charge in [0.05, 0.1) is 17.8 Å². The molecule has 4 aromatic rings. The summed E-state index contributed by atoms with van der Waals surface area (Å²) in [6.45, 7) is 0.257. The van der Waals surface area contributed by atoms with Crippen LogP contribution >= 0.6 is 0 Å². The van der Waals surface area contributed by atoms with Crippen molar-refractivity contribution in [1.29, 1.82) is 0 Å². The molecule has 0 aliphatic carbocycles. The number of anilines is 3. The third kappa shape index (κ3) is 7.36. The summed E-state index contributed by atoms with van der Waals surface area (Å²) in [6.07, 6.45) is -4.51. The Hall–Kier alpha value is -4.79. The van der Waals surface area contributed by atoms with Crippen LogP contribution in [0, 0.1) is 0 Å². The van der Waals surface area contributed by atoms with Crippen molar-refractivity contribution < 1.29 is 27.5 Å². The first kappa shape index (κ1) is 26.3. The average Bonchev–Trinajstić information content (AvgIpc) is 2.92. The first-order valence-electron chi connectivity index (χ1n) is 11.7. The molecule has 2 amide bonds. The van der Waals surface area contributed by atoms with Gasteiger partial charge in [-0.05, 0) is 54.1 Å². The zero-order valence-corrected chi connectivity index (χ0v) is 20.1. The first-order valence-corrected chi connectivity index (χ1v) is 11.7. The second kappa shape index (κ2) is 12.0. The molecule has 0 radical (unpaired) electrons. The van der Waals surface area contributed by atoms with Crippen molar-refractivity contribution in [2.24, 2.45) is 0 Å². The van der Waals surface area contributed by atoms with Crippen molar-refractivity contribution in [3.8, 4) is 5.75 Å². The van der Waals surface area contributed by atoms with E-state index in [1.165, 1.54) is 24.3 Å². The highest BCUT2D eigenvalue weighted by Crippen LogP contribution is 2.31. The standard InChI is InChI=1S/C29H24F3N3O3/c30-29(31,32)22-11-7-13-24(17-22)34-28(37)21-10-6-12-23(16-21)33-18-27(36)35-25-14-4-5-15-26(25)38-19-20-8-2-1-3-9-20/h1-17,33H,18-19H2,(H,34,37)(H,35,36). The molecular weight excluding hydrogens is 495 g/mol. The van der Waals surface area contributed by atoms with Crippen LogP contribution in [0.3, 0.4) is 0 Å². The van der Waals surface area contributed by atoms with Crippen molar-refractivity contribution in [2.75, 3.05) is 22.5 Å². The summed E-state index contributed by atoms with van der Waals surface area (Å²) in [5.41, 5.74) is 1.38. The zero-order valence-electron chi connectivity index (χ0n) is 20.1. The number of ether oxygens (including phenoxy) is 1. The lowest BCUT2D eigenvalue weighted by molar-refractivity contribution is -0.137. The molecule has 0 spiro atoms. The van der Waals surface area contributed by atoms with Gasteiger partial charge in [0, 0.05) is 16.9 Å². The van der Waals surface area contributed by atoms with Crippen LogP contribution in [0.25, 0.3) is 0 Å². The van der Waals surface area contributed by atoms with E-state index in [2.05, 4.69) is 16.0 Å². The lowest BCUT2D eigenvalue weighted by Crippen LogP contribution is -2.22. The maximum Gasteiger partial charge on any atom is 0.416 e. The number of benzene rings is 4. The molecule has 0 saturated carbocycles. The third-order valence-corrected chi connectivity index (χ3v) is 5.42. The molecule has 0 fully saturated rings. The Labute approximate surface area is 217 Å². The van der Waals surface area contributed by atoms with Gasteiger partial charge >= 0.3 is 6.18 Å². The zero-order chi connectivity index (χ0) is 27.0. The third-order valence-electron chi connectivity index (χ3n) is 5.42. The van der Waals surface area contributed by atoms with Crippen LogP contribution < -0.4 is 20.7 Å². The number of rotatable bonds is 9. The summed E-state index contributed by atoms with van der Waals surface area (Å²) < 4.78 is 44.7. The summed E-state index contributed by atoms with van der Waals surface area (Å²) in [5.74, 6) is -0.389. The lowest BCUT2D eigenvalue weighted by Gasteiger charge is -2.13. The highest BCUT2D eigenvalue weighted by atomic mass is 19.4. The molecule has 0 aromatic heterocycles. The highest BCUT2D eigenvalue weighted by molar-refractivity contribution is 6.05. The van der Waals surface area contributed by atoms with E-state index in [0.29, 0.717) is 23.7 Å². The van der Waals surface area contributed by atoms with Gasteiger partial charge in [0.15, 0.2) is 0 Å². The topological polar surface area (TPSA) is 79.5 Å². The number of carbonyl (C=O) groups excluding carboxylic acids is 2. The van der Waals surface area contributed by atoms with Gasteiger partial charge in [0.1, 0.15) is 12.4 Å². The molecule has 0 unspecified atom stereocenters. The molecule has 0 heterocycles. The summed E-state index contributed by atoms with van der Waals surface area (Å²) in [5, 5.41) is 8.22. The SMILES string of the molecule is O=C(CNc1cccc(C(=O)Nc2cccc(C(F)(F)F)c2)c1)Nc1ccccc1OCc1ccccc1. The summed E-state index contributed by atoms with van der Waals surface area (Å²) in [6, 6.07) is 27.4. The Morgan fingerprint density at radius 3 is 2.24 bits per heavy atom. The summed E-state index contributed by atoms with van der Waals surface area (Å²) >= 11 is 0. The minimum Gasteiger partial charge on any atom is -0.487 e. The van der Waals surface area contributed by atoms with Gasteiger partial charge in [0.25, 0.3) is 5.91 Å². The fraction of sp³-hybridized carbons (Fsp3) is 0.103. The average molecular weight is 520 g/mol. The van der Waals surface area contributed by atoms with E-state index in [1.54, 1.807) is 30.3 Å². The Balaban J connectivity index is 1.33. The number of carbonyl (C=O) groups is 2. The summed E-state index contributed by atoms with van der Waals surface area (Å²) in [7, 11) is 0. The van der Waals surface area contributed by atoms with Gasteiger partial charge in [-0.15, -0.1) is 0 Å². The Bertz CT molecular complexity index is 1410. The van der Waals surface area contributed by atoms with E-state index < -0.39 is 17.6 Å². The lowest BCUT2D eigenvalue weighted by atomic mass is 10.1. The van der Waals surface area contributed by atoms with Crippen LogP contribution in [0.4, 0.5) is 30.2 Å². The van der Waals surface area contributed by atoms with Crippen LogP contribution in [0.1, 0.15) is 21.5 Å². The van der Waals surface area contributed by atoms with Crippen LogP contribution in [0.5, 0.6) is 5.75 Å². The Morgan fingerprint density at radius 1 is 0.737 bits per heavy atom. The van der Waals surface area contributed by atoms with Gasteiger partial charge in [-0.25, -0.2) is 0 Å². The van der Waals surface area contributed by atoms with Gasteiger partial charge < -0.3 is 20.7 Å². The monoisotopic (exact) mass is 519 g/mol. The predicted octanol–water partition coefficient (Wildman–Crippen LogP) is 6.59. The molecule has 4 rings (SSSR count). The van der Waals surface area contributed by atoms with Crippen molar-refractivity contribution in [3.05, 3.63) is 120 Å². The molecule has 0 bridgehead atoms. The second-order valence-corrected chi connectivity index (χ2v) is 8.29. The molecule has 3 N–H and O–H groups in total. The minimum absolute atomic E-state index is 0.0238. The fourth-order valence-electron chi connectivity index (χ4n) is 3.55. The van der Waals surface area contributed by atoms with Gasteiger partial charge in [0.2, 0.25) is 5.91 Å². The Kier molecular flexibility index (Phi) is 8.27. The van der Waals surface area contributed by atoms with E-state index in [1.807, 2.05) is 36.4 Å².